The average molecular weight is 316 g/mol. The van der Waals surface area contributed by atoms with Crippen LogP contribution in [-0.2, 0) is 15.8 Å². The predicted molar refractivity (Wildman–Crippen MR) is 78.5 cm³/mol. The van der Waals surface area contributed by atoms with Crippen LogP contribution in [0.3, 0.4) is 0 Å². The summed E-state index contributed by atoms with van der Waals surface area (Å²) >= 11 is 4.82. The van der Waals surface area contributed by atoms with Crippen LogP contribution < -0.4 is 5.73 Å². The summed E-state index contributed by atoms with van der Waals surface area (Å²) in [4.78, 5) is 0.255. The molecule has 6 nitrogen and oxygen atoms in total. The third kappa shape index (κ3) is 3.33. The van der Waals surface area contributed by atoms with Gasteiger partial charge in [-0.1, -0.05) is 36.5 Å². The summed E-state index contributed by atoms with van der Waals surface area (Å²) in [5, 5.41) is 18.8. The van der Waals surface area contributed by atoms with E-state index in [1.807, 2.05) is 0 Å². The fourth-order valence-corrected chi connectivity index (χ4v) is 3.72. The Morgan fingerprint density at radius 2 is 1.75 bits per heavy atom. The summed E-state index contributed by atoms with van der Waals surface area (Å²) in [7, 11) is -3.56. The minimum absolute atomic E-state index is 0.0749. The average Bonchev–Trinajstić information content (AvgIpc) is 2.71. The van der Waals surface area contributed by atoms with Crippen molar-refractivity contribution in [1.82, 2.24) is 4.31 Å². The molecule has 2 unspecified atom stereocenters. The molecule has 110 valence electrons. The number of thiocarbonyl (C=S) groups is 1. The molecule has 1 aromatic carbocycles. The Hall–Kier alpha value is -1.06. The quantitative estimate of drug-likeness (QED) is 0.628. The van der Waals surface area contributed by atoms with Crippen LogP contribution in [-0.4, -0.2) is 53.2 Å². The van der Waals surface area contributed by atoms with Gasteiger partial charge in [-0.05, 0) is 5.56 Å². The van der Waals surface area contributed by atoms with Crippen molar-refractivity contribution < 1.29 is 18.6 Å². The van der Waals surface area contributed by atoms with Crippen LogP contribution in [0.5, 0.6) is 0 Å². The highest BCUT2D eigenvalue weighted by molar-refractivity contribution is 7.88. The number of aliphatic hydroxyl groups excluding tert-OH is 2. The van der Waals surface area contributed by atoms with Gasteiger partial charge in [0.15, 0.2) is 0 Å². The third-order valence-corrected chi connectivity index (χ3v) is 5.23. The van der Waals surface area contributed by atoms with Crippen molar-refractivity contribution in [1.29, 1.82) is 0 Å². The van der Waals surface area contributed by atoms with Crippen LogP contribution >= 0.6 is 12.2 Å². The number of β-amino-alcohol motifs (C(OH)–C–C–N with tert-alkyl or cyclic N) is 2. The zero-order valence-corrected chi connectivity index (χ0v) is 12.3. The third-order valence-electron chi connectivity index (χ3n) is 3.21. The maximum Gasteiger partial charge on any atom is 0.218 e. The first-order valence-electron chi connectivity index (χ1n) is 6.02. The van der Waals surface area contributed by atoms with Crippen molar-refractivity contribution in [3.8, 4) is 0 Å². The molecule has 1 fully saturated rings. The maximum atomic E-state index is 12.2. The Morgan fingerprint density at radius 3 is 2.20 bits per heavy atom. The van der Waals surface area contributed by atoms with Crippen LogP contribution in [0.15, 0.2) is 24.3 Å². The Labute approximate surface area is 122 Å². The summed E-state index contributed by atoms with van der Waals surface area (Å²) in [6.45, 7) is -0.150. The first kappa shape index (κ1) is 15.3. The van der Waals surface area contributed by atoms with Gasteiger partial charge in [-0.3, -0.25) is 0 Å². The van der Waals surface area contributed by atoms with E-state index in [9.17, 15) is 18.6 Å². The van der Waals surface area contributed by atoms with Crippen molar-refractivity contribution in [2.75, 3.05) is 13.1 Å². The number of benzene rings is 1. The number of nitrogens with zero attached hydrogens (tertiary/aromatic N) is 1. The van der Waals surface area contributed by atoms with Gasteiger partial charge in [0.1, 0.15) is 4.99 Å². The molecule has 1 aliphatic heterocycles. The highest BCUT2D eigenvalue weighted by Gasteiger charge is 2.36. The second-order valence-corrected chi connectivity index (χ2v) is 7.18. The molecule has 0 bridgehead atoms. The van der Waals surface area contributed by atoms with E-state index >= 15 is 0 Å². The standard InChI is InChI=1S/C12H16N2O4S2/c13-12(19)9-3-1-8(2-4-9)7-20(17,18)14-5-10(15)11(16)6-14/h1-4,10-11,15-16H,5-7H2,(H2,13,19). The summed E-state index contributed by atoms with van der Waals surface area (Å²) in [6, 6.07) is 6.63. The molecule has 0 radical (unpaired) electrons. The van der Waals surface area contributed by atoms with Gasteiger partial charge in [0.05, 0.1) is 18.0 Å². The van der Waals surface area contributed by atoms with Gasteiger partial charge in [0.2, 0.25) is 10.0 Å². The largest absolute Gasteiger partial charge is 0.389 e. The fourth-order valence-electron chi connectivity index (χ4n) is 2.03. The van der Waals surface area contributed by atoms with Crippen LogP contribution in [0.1, 0.15) is 11.1 Å². The van der Waals surface area contributed by atoms with E-state index in [1.54, 1.807) is 24.3 Å². The minimum atomic E-state index is -3.56. The van der Waals surface area contributed by atoms with Crippen molar-refractivity contribution in [3.63, 3.8) is 0 Å². The molecule has 0 amide bonds. The molecule has 2 atom stereocenters. The van der Waals surface area contributed by atoms with E-state index in [0.29, 0.717) is 11.1 Å². The van der Waals surface area contributed by atoms with E-state index < -0.39 is 22.2 Å². The van der Waals surface area contributed by atoms with Gasteiger partial charge >= 0.3 is 0 Å². The molecule has 0 aromatic heterocycles. The minimum Gasteiger partial charge on any atom is -0.389 e. The number of nitrogens with two attached hydrogens (primary N) is 1. The Kier molecular flexibility index (Phi) is 4.40. The number of sulfonamides is 1. The number of hydrogen-bond donors (Lipinski definition) is 3. The highest BCUT2D eigenvalue weighted by atomic mass is 32.2. The predicted octanol–water partition coefficient (Wildman–Crippen LogP) is -0.812. The van der Waals surface area contributed by atoms with Gasteiger partial charge < -0.3 is 15.9 Å². The zero-order valence-electron chi connectivity index (χ0n) is 10.6. The normalized spacial score (nSPS) is 23.9. The summed E-state index contributed by atoms with van der Waals surface area (Å²) in [5.41, 5.74) is 6.74. The van der Waals surface area contributed by atoms with Gasteiger partial charge in [-0.15, -0.1) is 0 Å². The van der Waals surface area contributed by atoms with Crippen molar-refractivity contribution >= 4 is 27.2 Å². The molecule has 2 rings (SSSR count). The highest BCUT2D eigenvalue weighted by Crippen LogP contribution is 2.18. The van der Waals surface area contributed by atoms with Gasteiger partial charge in [-0.25, -0.2) is 8.42 Å². The molecule has 1 aliphatic rings. The topological polar surface area (TPSA) is 104 Å². The monoisotopic (exact) mass is 316 g/mol. The first-order chi connectivity index (χ1) is 9.29. The second kappa shape index (κ2) is 5.74. The lowest BCUT2D eigenvalue weighted by atomic mass is 10.1. The molecule has 8 heteroatoms. The molecule has 1 heterocycles. The SMILES string of the molecule is NC(=S)c1ccc(CS(=O)(=O)N2CC(O)C(O)C2)cc1. The zero-order chi connectivity index (χ0) is 14.9. The molecule has 1 aromatic rings. The van der Waals surface area contributed by atoms with Crippen LogP contribution in [0, 0.1) is 0 Å². The molecular weight excluding hydrogens is 300 g/mol. The lowest BCUT2D eigenvalue weighted by molar-refractivity contribution is 0.0572. The lowest BCUT2D eigenvalue weighted by Gasteiger charge is -2.15. The number of rotatable bonds is 4. The summed E-state index contributed by atoms with van der Waals surface area (Å²) in [6.07, 6.45) is -2.05. The van der Waals surface area contributed by atoms with Gasteiger partial charge in [0, 0.05) is 18.7 Å². The number of aliphatic hydroxyl groups is 2. The van der Waals surface area contributed by atoms with E-state index in [1.165, 1.54) is 0 Å². The maximum absolute atomic E-state index is 12.2. The molecule has 0 spiro atoms. The van der Waals surface area contributed by atoms with Crippen molar-refractivity contribution in [2.45, 2.75) is 18.0 Å². The Balaban J connectivity index is 2.10. The molecule has 1 saturated heterocycles. The van der Waals surface area contributed by atoms with Crippen molar-refractivity contribution in [2.24, 2.45) is 5.73 Å². The van der Waals surface area contributed by atoms with E-state index in [-0.39, 0.29) is 23.8 Å². The Morgan fingerprint density at radius 1 is 1.25 bits per heavy atom. The smallest absolute Gasteiger partial charge is 0.218 e. The summed E-state index contributed by atoms with van der Waals surface area (Å²) in [5.74, 6) is -0.190. The molecular formula is C12H16N2O4S2. The van der Waals surface area contributed by atoms with Crippen LogP contribution in [0.2, 0.25) is 0 Å². The molecule has 0 saturated carbocycles. The van der Waals surface area contributed by atoms with Crippen molar-refractivity contribution in [3.05, 3.63) is 35.4 Å². The lowest BCUT2D eigenvalue weighted by Crippen LogP contribution is -2.31. The summed E-state index contributed by atoms with van der Waals surface area (Å²) < 4.78 is 25.4. The Bertz CT molecular complexity index is 590. The van der Waals surface area contributed by atoms with Crippen LogP contribution in [0.25, 0.3) is 0 Å². The second-order valence-electron chi connectivity index (χ2n) is 4.77. The van der Waals surface area contributed by atoms with Gasteiger partial charge in [-0.2, -0.15) is 4.31 Å². The molecule has 4 N–H and O–H groups in total. The van der Waals surface area contributed by atoms with E-state index in [2.05, 4.69) is 0 Å². The van der Waals surface area contributed by atoms with E-state index in [0.717, 1.165) is 4.31 Å². The van der Waals surface area contributed by atoms with Crippen LogP contribution in [0.4, 0.5) is 0 Å². The number of hydrogen-bond acceptors (Lipinski definition) is 5. The fraction of sp³-hybridized carbons (Fsp3) is 0.417. The first-order valence-corrected chi connectivity index (χ1v) is 8.04. The van der Waals surface area contributed by atoms with Gasteiger partial charge in [0.25, 0.3) is 0 Å². The van der Waals surface area contributed by atoms with E-state index in [4.69, 9.17) is 18.0 Å². The molecule has 20 heavy (non-hydrogen) atoms. The molecule has 0 aliphatic carbocycles.